The molecule has 0 aliphatic carbocycles. The van der Waals surface area contributed by atoms with Gasteiger partial charge in [0.2, 0.25) is 0 Å². The van der Waals surface area contributed by atoms with Gasteiger partial charge in [0.1, 0.15) is 11.5 Å². The lowest BCUT2D eigenvalue weighted by molar-refractivity contribution is -0.119. The molecule has 0 radical (unpaired) electrons. The van der Waals surface area contributed by atoms with Crippen LogP contribution in [-0.2, 0) is 16.1 Å². The molecule has 2 aromatic carbocycles. The third-order valence-electron chi connectivity index (χ3n) is 4.14. The van der Waals surface area contributed by atoms with Gasteiger partial charge in [0.25, 0.3) is 11.5 Å². The minimum atomic E-state index is -0.723. The van der Waals surface area contributed by atoms with Crippen LogP contribution < -0.4 is 10.9 Å². The second-order valence-corrected chi connectivity index (χ2v) is 6.05. The monoisotopic (exact) mass is 383 g/mol. The number of para-hydroxylation sites is 1. The molecule has 3 aromatic rings. The molecular weight excluding hydrogens is 365 g/mol. The van der Waals surface area contributed by atoms with Crippen LogP contribution in [0.15, 0.2) is 47.3 Å². The summed E-state index contributed by atoms with van der Waals surface area (Å²) in [5.74, 6) is -1.97. The summed E-state index contributed by atoms with van der Waals surface area (Å²) in [6, 6.07) is 10.3. The highest BCUT2D eigenvalue weighted by Gasteiger charge is 2.14. The predicted molar refractivity (Wildman–Crippen MR) is 102 cm³/mol. The zero-order valence-electron chi connectivity index (χ0n) is 15.4. The molecule has 1 N–H and O–H groups in total. The van der Waals surface area contributed by atoms with Crippen LogP contribution in [0.2, 0.25) is 0 Å². The Morgan fingerprint density at radius 3 is 2.68 bits per heavy atom. The van der Waals surface area contributed by atoms with Gasteiger partial charge in [-0.1, -0.05) is 12.1 Å². The number of hydrogen-bond acceptors (Lipinski definition) is 5. The number of esters is 1. The minimum absolute atomic E-state index is 0.00599. The van der Waals surface area contributed by atoms with Gasteiger partial charge in [-0.2, -0.15) is 0 Å². The third kappa shape index (κ3) is 3.90. The number of nitrogens with one attached hydrogen (secondary N) is 1. The van der Waals surface area contributed by atoms with Crippen molar-refractivity contribution >= 4 is 28.6 Å². The van der Waals surface area contributed by atoms with Crippen LogP contribution in [-0.4, -0.2) is 28.0 Å². The molecular formula is C20H18FN3O4. The van der Waals surface area contributed by atoms with Gasteiger partial charge in [0, 0.05) is 6.54 Å². The molecule has 0 saturated carbocycles. The topological polar surface area (TPSA) is 90.3 Å². The Balaban J connectivity index is 1.73. The van der Waals surface area contributed by atoms with E-state index in [1.165, 1.54) is 30.3 Å². The summed E-state index contributed by atoms with van der Waals surface area (Å²) in [5, 5.41) is 2.33. The molecule has 0 saturated heterocycles. The molecule has 3 rings (SSSR count). The molecule has 1 heterocycles. The number of anilines is 1. The highest BCUT2D eigenvalue weighted by molar-refractivity contribution is 5.97. The van der Waals surface area contributed by atoms with Crippen molar-refractivity contribution in [3.8, 4) is 0 Å². The van der Waals surface area contributed by atoms with E-state index in [4.69, 9.17) is 4.74 Å². The highest BCUT2D eigenvalue weighted by Crippen LogP contribution is 2.15. The SMILES string of the molecule is CCn1c(=O)c(C)nc2cc(C(=O)OCC(=O)Nc3ccccc3F)ccc21. The Morgan fingerprint density at radius 1 is 1.21 bits per heavy atom. The first kappa shape index (κ1) is 19.2. The fraction of sp³-hybridized carbons (Fsp3) is 0.200. The van der Waals surface area contributed by atoms with Crippen LogP contribution in [0.25, 0.3) is 11.0 Å². The summed E-state index contributed by atoms with van der Waals surface area (Å²) in [7, 11) is 0. The summed E-state index contributed by atoms with van der Waals surface area (Å²) in [4.78, 5) is 40.5. The van der Waals surface area contributed by atoms with E-state index in [0.29, 0.717) is 23.3 Å². The number of halogens is 1. The maximum Gasteiger partial charge on any atom is 0.338 e. The first-order valence-corrected chi connectivity index (χ1v) is 8.63. The number of rotatable bonds is 5. The van der Waals surface area contributed by atoms with E-state index in [1.807, 2.05) is 6.92 Å². The van der Waals surface area contributed by atoms with E-state index in [0.717, 1.165) is 0 Å². The number of aromatic nitrogens is 2. The number of benzene rings is 2. The standard InChI is InChI=1S/C20H18FN3O4/c1-3-24-17-9-8-13(10-16(17)22-12(2)19(24)26)20(27)28-11-18(25)23-15-7-5-4-6-14(15)21/h4-10H,3,11H2,1-2H3,(H,23,25). The van der Waals surface area contributed by atoms with Gasteiger partial charge in [-0.05, 0) is 44.2 Å². The van der Waals surface area contributed by atoms with E-state index >= 15 is 0 Å². The van der Waals surface area contributed by atoms with Crippen LogP contribution in [0.3, 0.4) is 0 Å². The van der Waals surface area contributed by atoms with Gasteiger partial charge >= 0.3 is 5.97 Å². The van der Waals surface area contributed by atoms with Crippen molar-refractivity contribution in [2.75, 3.05) is 11.9 Å². The number of ether oxygens (including phenoxy) is 1. The lowest BCUT2D eigenvalue weighted by Crippen LogP contribution is -2.23. The first-order chi connectivity index (χ1) is 13.4. The van der Waals surface area contributed by atoms with Crippen molar-refractivity contribution in [2.45, 2.75) is 20.4 Å². The Morgan fingerprint density at radius 2 is 1.96 bits per heavy atom. The number of nitrogens with zero attached hydrogens (tertiary/aromatic N) is 2. The van der Waals surface area contributed by atoms with Crippen LogP contribution in [0.5, 0.6) is 0 Å². The quantitative estimate of drug-likeness (QED) is 0.684. The summed E-state index contributed by atoms with van der Waals surface area (Å²) < 4.78 is 20.1. The maximum absolute atomic E-state index is 13.5. The summed E-state index contributed by atoms with van der Waals surface area (Å²) in [5.41, 5.74) is 1.42. The number of aryl methyl sites for hydroxylation is 2. The molecule has 0 spiro atoms. The average molecular weight is 383 g/mol. The van der Waals surface area contributed by atoms with Crippen LogP contribution >= 0.6 is 0 Å². The second-order valence-electron chi connectivity index (χ2n) is 6.05. The molecule has 0 aliphatic rings. The van der Waals surface area contributed by atoms with Gasteiger partial charge in [0.15, 0.2) is 6.61 Å². The molecule has 1 aromatic heterocycles. The van der Waals surface area contributed by atoms with Crippen molar-refractivity contribution in [1.29, 1.82) is 0 Å². The molecule has 0 bridgehead atoms. The van der Waals surface area contributed by atoms with Crippen LogP contribution in [0.4, 0.5) is 10.1 Å². The van der Waals surface area contributed by atoms with Crippen LogP contribution in [0, 0.1) is 12.7 Å². The Labute approximate surface area is 159 Å². The van der Waals surface area contributed by atoms with Crippen molar-refractivity contribution in [1.82, 2.24) is 9.55 Å². The van der Waals surface area contributed by atoms with E-state index < -0.39 is 24.3 Å². The Bertz CT molecular complexity index is 1120. The van der Waals surface area contributed by atoms with E-state index in [-0.39, 0.29) is 16.8 Å². The smallest absolute Gasteiger partial charge is 0.338 e. The normalized spacial score (nSPS) is 10.7. The fourth-order valence-electron chi connectivity index (χ4n) is 2.78. The van der Waals surface area contributed by atoms with Crippen LogP contribution in [0.1, 0.15) is 23.0 Å². The highest BCUT2D eigenvalue weighted by atomic mass is 19.1. The molecule has 144 valence electrons. The molecule has 1 amide bonds. The van der Waals surface area contributed by atoms with Crippen molar-refractivity contribution in [3.05, 3.63) is 69.9 Å². The molecule has 0 fully saturated rings. The predicted octanol–water partition coefficient (Wildman–Crippen LogP) is 2.66. The zero-order chi connectivity index (χ0) is 20.3. The molecule has 28 heavy (non-hydrogen) atoms. The number of carbonyl (C=O) groups is 2. The number of amides is 1. The Hall–Kier alpha value is -3.55. The van der Waals surface area contributed by atoms with Crippen molar-refractivity contribution in [2.24, 2.45) is 0 Å². The summed E-state index contributed by atoms with van der Waals surface area (Å²) >= 11 is 0. The summed E-state index contributed by atoms with van der Waals surface area (Å²) in [6.45, 7) is 3.35. The van der Waals surface area contributed by atoms with Gasteiger partial charge in [-0.25, -0.2) is 14.2 Å². The van der Waals surface area contributed by atoms with Gasteiger partial charge in [-0.15, -0.1) is 0 Å². The molecule has 8 heteroatoms. The van der Waals surface area contributed by atoms with E-state index in [9.17, 15) is 18.8 Å². The van der Waals surface area contributed by atoms with Gasteiger partial charge in [0.05, 0.1) is 22.3 Å². The van der Waals surface area contributed by atoms with E-state index in [1.54, 1.807) is 23.6 Å². The zero-order valence-corrected chi connectivity index (χ0v) is 15.4. The number of fused-ring (bicyclic) bond motifs is 1. The van der Waals surface area contributed by atoms with Crippen molar-refractivity contribution < 1.29 is 18.7 Å². The Kier molecular flexibility index (Phi) is 5.49. The van der Waals surface area contributed by atoms with Gasteiger partial charge in [-0.3, -0.25) is 9.59 Å². The molecule has 0 aliphatic heterocycles. The lowest BCUT2D eigenvalue weighted by atomic mass is 10.2. The van der Waals surface area contributed by atoms with E-state index in [2.05, 4.69) is 10.3 Å². The molecule has 0 unspecified atom stereocenters. The molecule has 7 nitrogen and oxygen atoms in total. The largest absolute Gasteiger partial charge is 0.452 e. The average Bonchev–Trinajstić information content (AvgIpc) is 2.68. The lowest BCUT2D eigenvalue weighted by Gasteiger charge is -2.10. The first-order valence-electron chi connectivity index (χ1n) is 8.63. The number of carbonyl (C=O) groups excluding carboxylic acids is 2. The minimum Gasteiger partial charge on any atom is -0.452 e. The number of hydrogen-bond donors (Lipinski definition) is 1. The van der Waals surface area contributed by atoms with Crippen molar-refractivity contribution in [3.63, 3.8) is 0 Å². The molecule has 0 atom stereocenters. The fourth-order valence-corrected chi connectivity index (χ4v) is 2.78. The van der Waals surface area contributed by atoms with Gasteiger partial charge < -0.3 is 14.6 Å². The second kappa shape index (κ2) is 7.99. The summed E-state index contributed by atoms with van der Waals surface area (Å²) in [6.07, 6.45) is 0. The third-order valence-corrected chi connectivity index (χ3v) is 4.14. The maximum atomic E-state index is 13.5.